The van der Waals surface area contributed by atoms with Crippen LogP contribution in [0, 0.1) is 6.92 Å². The van der Waals surface area contributed by atoms with Gasteiger partial charge in [-0.05, 0) is 13.8 Å². The Kier molecular flexibility index (Phi) is 5.37. The smallest absolute Gasteiger partial charge is 0.341 e. The lowest BCUT2D eigenvalue weighted by Crippen LogP contribution is -2.10. The summed E-state index contributed by atoms with van der Waals surface area (Å²) in [6.45, 7) is 5.76. The second-order valence-corrected chi connectivity index (χ2v) is 4.89. The number of thioether (sulfide) groups is 1. The van der Waals surface area contributed by atoms with Gasteiger partial charge in [-0.1, -0.05) is 18.7 Å². The van der Waals surface area contributed by atoms with Gasteiger partial charge in [-0.3, -0.25) is 0 Å². The van der Waals surface area contributed by atoms with Crippen molar-refractivity contribution in [2.24, 2.45) is 0 Å². The second kappa shape index (κ2) is 6.56. The number of aliphatic hydroxyl groups excluding tert-OH is 1. The number of carbonyl (C=O) groups is 1. The van der Waals surface area contributed by atoms with E-state index in [0.29, 0.717) is 23.0 Å². The van der Waals surface area contributed by atoms with E-state index in [2.05, 4.69) is 9.97 Å². The van der Waals surface area contributed by atoms with Gasteiger partial charge in [-0.15, -0.1) is 0 Å². The molecule has 0 aliphatic rings. The van der Waals surface area contributed by atoms with E-state index < -0.39 is 5.97 Å². The van der Waals surface area contributed by atoms with Crippen molar-refractivity contribution in [3.8, 4) is 0 Å². The molecule has 0 spiro atoms. The Bertz CT molecular complexity index is 398. The van der Waals surface area contributed by atoms with Gasteiger partial charge in [0.05, 0.1) is 24.5 Å². The normalized spacial score (nSPS) is 12.2. The Morgan fingerprint density at radius 2 is 2.35 bits per heavy atom. The number of aryl methyl sites for hydroxylation is 1. The third-order valence-electron chi connectivity index (χ3n) is 2.02. The minimum atomic E-state index is -0.406. The Balaban J connectivity index is 2.82. The summed E-state index contributed by atoms with van der Waals surface area (Å²) in [6.07, 6.45) is 1.47. The molecule has 0 aromatic carbocycles. The number of hydrogen-bond acceptors (Lipinski definition) is 6. The van der Waals surface area contributed by atoms with Crippen LogP contribution in [0.5, 0.6) is 0 Å². The van der Waals surface area contributed by atoms with Gasteiger partial charge < -0.3 is 9.84 Å². The number of aromatic nitrogens is 2. The summed E-state index contributed by atoms with van der Waals surface area (Å²) in [5, 5.41) is 9.51. The van der Waals surface area contributed by atoms with E-state index in [1.54, 1.807) is 13.8 Å². The summed E-state index contributed by atoms with van der Waals surface area (Å²) in [5.74, 6) is -0.406. The molecule has 0 amide bonds. The van der Waals surface area contributed by atoms with Crippen molar-refractivity contribution < 1.29 is 14.6 Å². The largest absolute Gasteiger partial charge is 0.462 e. The maximum atomic E-state index is 11.5. The molecule has 0 saturated carbocycles. The van der Waals surface area contributed by atoms with Crippen molar-refractivity contribution in [3.05, 3.63) is 17.5 Å². The van der Waals surface area contributed by atoms with Gasteiger partial charge in [0.15, 0.2) is 5.16 Å². The molecule has 1 atom stereocenters. The molecule has 94 valence electrons. The Hall–Kier alpha value is -1.14. The molecule has 5 nitrogen and oxygen atoms in total. The first kappa shape index (κ1) is 13.9. The summed E-state index contributed by atoms with van der Waals surface area (Å²) in [4.78, 5) is 19.8. The monoisotopic (exact) mass is 256 g/mol. The first-order valence-corrected chi connectivity index (χ1v) is 6.24. The van der Waals surface area contributed by atoms with Crippen molar-refractivity contribution in [3.63, 3.8) is 0 Å². The van der Waals surface area contributed by atoms with Crippen molar-refractivity contribution in [1.29, 1.82) is 0 Å². The van der Waals surface area contributed by atoms with Crippen molar-refractivity contribution >= 4 is 17.7 Å². The zero-order valence-electron chi connectivity index (χ0n) is 10.1. The average molecular weight is 256 g/mol. The molecule has 1 aromatic heterocycles. The van der Waals surface area contributed by atoms with E-state index in [1.807, 2.05) is 6.92 Å². The second-order valence-electron chi connectivity index (χ2n) is 3.48. The zero-order chi connectivity index (χ0) is 12.8. The number of hydrogen-bond donors (Lipinski definition) is 1. The van der Waals surface area contributed by atoms with Gasteiger partial charge in [0.2, 0.25) is 0 Å². The van der Waals surface area contributed by atoms with Crippen LogP contribution in [0.1, 0.15) is 29.9 Å². The van der Waals surface area contributed by atoms with E-state index in [0.717, 1.165) is 0 Å². The number of carbonyl (C=O) groups excluding carboxylic acids is 1. The fourth-order valence-electron chi connectivity index (χ4n) is 1.13. The SMILES string of the molecule is CCOC(=O)c1cnc(SC(C)CO)nc1C. The Morgan fingerprint density at radius 1 is 1.65 bits per heavy atom. The van der Waals surface area contributed by atoms with Gasteiger partial charge >= 0.3 is 5.97 Å². The highest BCUT2D eigenvalue weighted by molar-refractivity contribution is 7.99. The van der Waals surface area contributed by atoms with Crippen LogP contribution < -0.4 is 0 Å². The molecule has 1 unspecified atom stereocenters. The van der Waals surface area contributed by atoms with Crippen LogP contribution in [0.2, 0.25) is 0 Å². The molecule has 1 aromatic rings. The molecular weight excluding hydrogens is 240 g/mol. The van der Waals surface area contributed by atoms with E-state index in [4.69, 9.17) is 9.84 Å². The maximum absolute atomic E-state index is 11.5. The van der Waals surface area contributed by atoms with Crippen LogP contribution in [0.15, 0.2) is 11.4 Å². The first-order chi connectivity index (χ1) is 8.08. The number of nitrogens with zero attached hydrogens (tertiary/aromatic N) is 2. The summed E-state index contributed by atoms with van der Waals surface area (Å²) < 4.78 is 4.89. The molecular formula is C11H16N2O3S. The maximum Gasteiger partial charge on any atom is 0.341 e. The van der Waals surface area contributed by atoms with Crippen LogP contribution in [0.4, 0.5) is 0 Å². The molecule has 0 fully saturated rings. The lowest BCUT2D eigenvalue weighted by Gasteiger charge is -2.08. The third kappa shape index (κ3) is 3.98. The molecule has 17 heavy (non-hydrogen) atoms. The predicted molar refractivity (Wildman–Crippen MR) is 65.1 cm³/mol. The number of esters is 1. The third-order valence-corrected chi connectivity index (χ3v) is 2.98. The van der Waals surface area contributed by atoms with Crippen LogP contribution in [0.3, 0.4) is 0 Å². The van der Waals surface area contributed by atoms with Gasteiger partial charge in [-0.25, -0.2) is 14.8 Å². The predicted octanol–water partition coefficient (Wildman–Crippen LogP) is 1.43. The first-order valence-electron chi connectivity index (χ1n) is 5.36. The minimum absolute atomic E-state index is 0.0304. The quantitative estimate of drug-likeness (QED) is 0.488. The van der Waals surface area contributed by atoms with Gasteiger partial charge in [0.25, 0.3) is 0 Å². The standard InChI is InChI=1S/C11H16N2O3S/c1-4-16-10(15)9-5-12-11(13-8(9)3)17-7(2)6-14/h5,7,14H,4,6H2,1-3H3. The van der Waals surface area contributed by atoms with Crippen LogP contribution in [-0.4, -0.2) is 39.5 Å². The van der Waals surface area contributed by atoms with E-state index in [1.165, 1.54) is 18.0 Å². The fourth-order valence-corrected chi connectivity index (χ4v) is 1.87. The summed E-state index contributed by atoms with van der Waals surface area (Å²) >= 11 is 1.37. The average Bonchev–Trinajstić information content (AvgIpc) is 2.29. The van der Waals surface area contributed by atoms with Gasteiger partial charge in [0, 0.05) is 11.4 Å². The Labute approximate surface area is 105 Å². The lowest BCUT2D eigenvalue weighted by molar-refractivity contribution is 0.0524. The van der Waals surface area contributed by atoms with Gasteiger partial charge in [0.1, 0.15) is 0 Å². The lowest BCUT2D eigenvalue weighted by atomic mass is 10.2. The molecule has 1 N–H and O–H groups in total. The number of ether oxygens (including phenoxy) is 1. The fraction of sp³-hybridized carbons (Fsp3) is 0.545. The molecule has 0 radical (unpaired) electrons. The summed E-state index contributed by atoms with van der Waals surface area (Å²) in [7, 11) is 0. The highest BCUT2D eigenvalue weighted by Gasteiger charge is 2.13. The highest BCUT2D eigenvalue weighted by Crippen LogP contribution is 2.19. The molecule has 1 heterocycles. The van der Waals surface area contributed by atoms with Crippen LogP contribution in [0.25, 0.3) is 0 Å². The van der Waals surface area contributed by atoms with Crippen molar-refractivity contribution in [2.75, 3.05) is 13.2 Å². The molecule has 0 aliphatic carbocycles. The zero-order valence-corrected chi connectivity index (χ0v) is 11.0. The summed E-state index contributed by atoms with van der Waals surface area (Å²) in [5.41, 5.74) is 0.971. The van der Waals surface area contributed by atoms with Crippen LogP contribution in [-0.2, 0) is 4.74 Å². The Morgan fingerprint density at radius 3 is 2.88 bits per heavy atom. The van der Waals surface area contributed by atoms with Crippen LogP contribution >= 0.6 is 11.8 Å². The van der Waals surface area contributed by atoms with Gasteiger partial charge in [-0.2, -0.15) is 0 Å². The molecule has 1 rings (SSSR count). The molecule has 6 heteroatoms. The van der Waals surface area contributed by atoms with E-state index >= 15 is 0 Å². The van der Waals surface area contributed by atoms with E-state index in [9.17, 15) is 4.79 Å². The minimum Gasteiger partial charge on any atom is -0.462 e. The number of aliphatic hydroxyl groups is 1. The summed E-state index contributed by atoms with van der Waals surface area (Å²) in [6, 6.07) is 0. The number of rotatable bonds is 5. The topological polar surface area (TPSA) is 72.3 Å². The highest BCUT2D eigenvalue weighted by atomic mass is 32.2. The van der Waals surface area contributed by atoms with E-state index in [-0.39, 0.29) is 11.9 Å². The molecule has 0 saturated heterocycles. The van der Waals surface area contributed by atoms with Crippen molar-refractivity contribution in [2.45, 2.75) is 31.2 Å². The van der Waals surface area contributed by atoms with Crippen molar-refractivity contribution in [1.82, 2.24) is 9.97 Å². The molecule has 0 bridgehead atoms. The molecule has 0 aliphatic heterocycles.